The molecule has 1 N–H and O–H groups in total. The van der Waals surface area contributed by atoms with E-state index in [1.165, 1.54) is 30.7 Å². The third-order valence-corrected chi connectivity index (χ3v) is 5.44. The normalized spacial score (nSPS) is 21.1. The first-order valence-electron chi connectivity index (χ1n) is 8.04. The number of esters is 1. The molecule has 1 saturated carbocycles. The van der Waals surface area contributed by atoms with Crippen molar-refractivity contribution >= 4 is 21.7 Å². The largest absolute Gasteiger partial charge is 0.452 e. The van der Waals surface area contributed by atoms with Crippen LogP contribution < -0.4 is 5.32 Å². The molecule has 0 bridgehead atoms. The fourth-order valence-corrected chi connectivity index (χ4v) is 3.46. The van der Waals surface area contributed by atoms with Crippen molar-refractivity contribution in [2.24, 2.45) is 5.92 Å². The van der Waals surface area contributed by atoms with Crippen LogP contribution in [-0.2, 0) is 19.4 Å². The summed E-state index contributed by atoms with van der Waals surface area (Å²) in [6.45, 7) is 1.77. The molecule has 1 aliphatic carbocycles. The molecule has 1 amide bonds. The maximum absolute atomic E-state index is 11.9. The standard InChI is InChI=1S/C17H23NO5S/c1-12-5-3-4-6-15(12)18-16(19)11-23-17(20)13-7-9-14(10-8-13)24(2,21)22/h7-10,12,15H,3-6,11H2,1-2H3,(H,18,19)/t12-,15-/m1/s1. The Kier molecular flexibility index (Phi) is 5.99. The molecule has 7 heteroatoms. The van der Waals surface area contributed by atoms with Crippen LogP contribution in [0.1, 0.15) is 43.0 Å². The predicted molar refractivity (Wildman–Crippen MR) is 89.4 cm³/mol. The second kappa shape index (κ2) is 7.79. The topological polar surface area (TPSA) is 89.5 Å². The maximum Gasteiger partial charge on any atom is 0.338 e. The summed E-state index contributed by atoms with van der Waals surface area (Å²) in [7, 11) is -3.31. The molecule has 1 fully saturated rings. The second-order valence-electron chi connectivity index (χ2n) is 6.31. The van der Waals surface area contributed by atoms with Crippen molar-refractivity contribution in [3.8, 4) is 0 Å². The molecule has 0 radical (unpaired) electrons. The molecule has 1 aliphatic rings. The number of amides is 1. The highest BCUT2D eigenvalue weighted by Crippen LogP contribution is 2.23. The molecule has 2 atom stereocenters. The summed E-state index contributed by atoms with van der Waals surface area (Å²) in [5.41, 5.74) is 0.209. The number of carbonyl (C=O) groups excluding carboxylic acids is 2. The van der Waals surface area contributed by atoms with Gasteiger partial charge in [-0.1, -0.05) is 19.8 Å². The molecule has 0 unspecified atom stereocenters. The van der Waals surface area contributed by atoms with Crippen LogP contribution in [0.2, 0.25) is 0 Å². The Bertz CT molecular complexity index is 696. The zero-order chi connectivity index (χ0) is 17.7. The summed E-state index contributed by atoms with van der Waals surface area (Å²) < 4.78 is 27.7. The third kappa shape index (κ3) is 5.06. The Morgan fingerprint density at radius 3 is 2.38 bits per heavy atom. The van der Waals surface area contributed by atoms with Crippen LogP contribution in [0, 0.1) is 5.92 Å². The highest BCUT2D eigenvalue weighted by atomic mass is 32.2. The van der Waals surface area contributed by atoms with Gasteiger partial charge in [-0.05, 0) is 43.0 Å². The van der Waals surface area contributed by atoms with Crippen molar-refractivity contribution < 1.29 is 22.7 Å². The van der Waals surface area contributed by atoms with E-state index in [-0.39, 0.29) is 29.0 Å². The first-order valence-corrected chi connectivity index (χ1v) is 9.93. The summed E-state index contributed by atoms with van der Waals surface area (Å²) in [4.78, 5) is 24.0. The van der Waals surface area contributed by atoms with Crippen LogP contribution in [0.4, 0.5) is 0 Å². The summed E-state index contributed by atoms with van der Waals surface area (Å²) in [6.07, 6.45) is 5.43. The van der Waals surface area contributed by atoms with Crippen LogP contribution in [0.3, 0.4) is 0 Å². The van der Waals surface area contributed by atoms with Gasteiger partial charge in [-0.25, -0.2) is 13.2 Å². The molecule has 1 aromatic rings. The molecular formula is C17H23NO5S. The number of carbonyl (C=O) groups is 2. The Morgan fingerprint density at radius 2 is 1.79 bits per heavy atom. The Hall–Kier alpha value is -1.89. The van der Waals surface area contributed by atoms with Gasteiger partial charge in [-0.15, -0.1) is 0 Å². The molecule has 0 heterocycles. The van der Waals surface area contributed by atoms with Gasteiger partial charge in [0.1, 0.15) is 0 Å². The molecule has 0 aromatic heterocycles. The molecule has 0 spiro atoms. The lowest BCUT2D eigenvalue weighted by Gasteiger charge is -2.29. The summed E-state index contributed by atoms with van der Waals surface area (Å²) in [5.74, 6) is -0.529. The summed E-state index contributed by atoms with van der Waals surface area (Å²) in [6, 6.07) is 5.57. The fraction of sp³-hybridized carbons (Fsp3) is 0.529. The average molecular weight is 353 g/mol. The molecule has 1 aromatic carbocycles. The van der Waals surface area contributed by atoms with Gasteiger partial charge < -0.3 is 10.1 Å². The molecule has 24 heavy (non-hydrogen) atoms. The molecular weight excluding hydrogens is 330 g/mol. The lowest BCUT2D eigenvalue weighted by Crippen LogP contribution is -2.42. The number of rotatable bonds is 5. The van der Waals surface area contributed by atoms with Crippen molar-refractivity contribution in [1.29, 1.82) is 0 Å². The highest BCUT2D eigenvalue weighted by molar-refractivity contribution is 7.90. The zero-order valence-corrected chi connectivity index (χ0v) is 14.8. The maximum atomic E-state index is 11.9. The Morgan fingerprint density at radius 1 is 1.17 bits per heavy atom. The van der Waals surface area contributed by atoms with Crippen LogP contribution >= 0.6 is 0 Å². The smallest absolute Gasteiger partial charge is 0.338 e. The molecule has 6 nitrogen and oxygen atoms in total. The monoisotopic (exact) mass is 353 g/mol. The first kappa shape index (κ1) is 18.4. The van der Waals surface area contributed by atoms with Gasteiger partial charge >= 0.3 is 5.97 Å². The average Bonchev–Trinajstić information content (AvgIpc) is 2.54. The Balaban J connectivity index is 1.85. The van der Waals surface area contributed by atoms with Crippen molar-refractivity contribution in [2.45, 2.75) is 43.5 Å². The van der Waals surface area contributed by atoms with E-state index >= 15 is 0 Å². The van der Waals surface area contributed by atoms with Crippen LogP contribution in [-0.4, -0.2) is 39.2 Å². The summed E-state index contributed by atoms with van der Waals surface area (Å²) in [5, 5.41) is 2.91. The first-order chi connectivity index (χ1) is 11.3. The minimum Gasteiger partial charge on any atom is -0.452 e. The Labute approximate surface area is 142 Å². The number of hydrogen-bond donors (Lipinski definition) is 1. The van der Waals surface area contributed by atoms with Gasteiger partial charge in [0.25, 0.3) is 5.91 Å². The second-order valence-corrected chi connectivity index (χ2v) is 8.32. The summed E-state index contributed by atoms with van der Waals surface area (Å²) >= 11 is 0. The van der Waals surface area contributed by atoms with Crippen molar-refractivity contribution in [2.75, 3.05) is 12.9 Å². The minimum absolute atomic E-state index is 0.128. The number of nitrogens with one attached hydrogen (secondary N) is 1. The quantitative estimate of drug-likeness (QED) is 0.817. The van der Waals surface area contributed by atoms with Crippen molar-refractivity contribution in [3.05, 3.63) is 29.8 Å². The minimum atomic E-state index is -3.31. The van der Waals surface area contributed by atoms with E-state index in [4.69, 9.17) is 4.74 Å². The lowest BCUT2D eigenvalue weighted by molar-refractivity contribution is -0.125. The number of benzene rings is 1. The van der Waals surface area contributed by atoms with E-state index in [0.29, 0.717) is 5.92 Å². The van der Waals surface area contributed by atoms with Crippen LogP contribution in [0.15, 0.2) is 29.2 Å². The van der Waals surface area contributed by atoms with Crippen molar-refractivity contribution in [1.82, 2.24) is 5.32 Å². The van der Waals surface area contributed by atoms with Gasteiger partial charge in [0.05, 0.1) is 10.5 Å². The highest BCUT2D eigenvalue weighted by Gasteiger charge is 2.23. The fourth-order valence-electron chi connectivity index (χ4n) is 2.83. The third-order valence-electron chi connectivity index (χ3n) is 4.31. The lowest BCUT2D eigenvalue weighted by atomic mass is 9.86. The van der Waals surface area contributed by atoms with Gasteiger partial charge in [0.2, 0.25) is 0 Å². The SMILES string of the molecule is C[C@@H]1CCCC[C@H]1NC(=O)COC(=O)c1ccc(S(C)(=O)=O)cc1. The number of ether oxygens (including phenoxy) is 1. The van der Waals surface area contributed by atoms with Crippen LogP contribution in [0.5, 0.6) is 0 Å². The predicted octanol–water partition coefficient (Wildman–Crippen LogP) is 1.94. The van der Waals surface area contributed by atoms with E-state index in [1.807, 2.05) is 0 Å². The van der Waals surface area contributed by atoms with Crippen LogP contribution in [0.25, 0.3) is 0 Å². The molecule has 132 valence electrons. The van der Waals surface area contributed by atoms with E-state index in [1.54, 1.807) is 0 Å². The van der Waals surface area contributed by atoms with Gasteiger partial charge in [0, 0.05) is 12.3 Å². The van der Waals surface area contributed by atoms with Gasteiger partial charge in [-0.3, -0.25) is 4.79 Å². The van der Waals surface area contributed by atoms with E-state index < -0.39 is 15.8 Å². The molecule has 2 rings (SSSR count). The van der Waals surface area contributed by atoms with E-state index in [0.717, 1.165) is 25.5 Å². The van der Waals surface area contributed by atoms with Gasteiger partial charge in [-0.2, -0.15) is 0 Å². The number of sulfone groups is 1. The number of hydrogen-bond acceptors (Lipinski definition) is 5. The van der Waals surface area contributed by atoms with Gasteiger partial charge in [0.15, 0.2) is 16.4 Å². The molecule has 0 aliphatic heterocycles. The zero-order valence-electron chi connectivity index (χ0n) is 13.9. The van der Waals surface area contributed by atoms with Crippen molar-refractivity contribution in [3.63, 3.8) is 0 Å². The van der Waals surface area contributed by atoms with E-state index in [9.17, 15) is 18.0 Å². The molecule has 0 saturated heterocycles. The van der Waals surface area contributed by atoms with E-state index in [2.05, 4.69) is 12.2 Å².